The predicted octanol–water partition coefficient (Wildman–Crippen LogP) is 3.02. The van der Waals surface area contributed by atoms with Gasteiger partial charge >= 0.3 is 0 Å². The number of halogens is 1. The molecule has 1 aromatic carbocycles. The smallest absolute Gasteiger partial charge is 0.219 e. The van der Waals surface area contributed by atoms with Gasteiger partial charge in [-0.15, -0.1) is 24.0 Å². The molecule has 5 nitrogen and oxygen atoms in total. The van der Waals surface area contributed by atoms with Gasteiger partial charge in [-0.3, -0.25) is 9.79 Å². The summed E-state index contributed by atoms with van der Waals surface area (Å²) < 4.78 is 0. The van der Waals surface area contributed by atoms with E-state index in [0.29, 0.717) is 0 Å². The average Bonchev–Trinajstić information content (AvgIpc) is 2.59. The van der Waals surface area contributed by atoms with Gasteiger partial charge in [0.15, 0.2) is 5.96 Å². The molecule has 1 fully saturated rings. The molecule has 0 saturated carbocycles. The van der Waals surface area contributed by atoms with Crippen molar-refractivity contribution in [1.82, 2.24) is 15.1 Å². The van der Waals surface area contributed by atoms with Gasteiger partial charge in [0, 0.05) is 45.1 Å². The Hall–Kier alpha value is -1.31. The van der Waals surface area contributed by atoms with Gasteiger partial charge in [-0.1, -0.05) is 38.1 Å². The minimum atomic E-state index is -0.0206. The lowest BCUT2D eigenvalue weighted by molar-refractivity contribution is -0.130. The Balaban J connectivity index is 0.00000338. The van der Waals surface area contributed by atoms with Crippen molar-refractivity contribution in [2.45, 2.75) is 40.0 Å². The lowest BCUT2D eigenvalue weighted by atomic mass is 9.82. The normalized spacial score (nSPS) is 15.5. The van der Waals surface area contributed by atoms with Crippen molar-refractivity contribution in [3.63, 3.8) is 0 Å². The molecule has 2 rings (SSSR count). The van der Waals surface area contributed by atoms with Crippen LogP contribution in [0.25, 0.3) is 0 Å². The van der Waals surface area contributed by atoms with Crippen LogP contribution in [0.15, 0.2) is 29.3 Å². The summed E-state index contributed by atoms with van der Waals surface area (Å²) in [4.78, 5) is 20.6. The quantitative estimate of drug-likeness (QED) is 0.417. The Labute approximate surface area is 175 Å². The second kappa shape index (κ2) is 10.1. The summed E-state index contributed by atoms with van der Waals surface area (Å²) in [6.45, 7) is 15.1. The number of nitrogens with zero attached hydrogens (tertiary/aromatic N) is 3. The number of benzene rings is 1. The highest BCUT2D eigenvalue weighted by atomic mass is 127. The maximum Gasteiger partial charge on any atom is 0.219 e. The molecule has 0 bridgehead atoms. The van der Waals surface area contributed by atoms with Gasteiger partial charge in [0.05, 0.1) is 6.54 Å². The Morgan fingerprint density at radius 3 is 2.27 bits per heavy atom. The molecule has 0 aromatic heterocycles. The summed E-state index contributed by atoms with van der Waals surface area (Å²) in [7, 11) is 0. The van der Waals surface area contributed by atoms with Gasteiger partial charge < -0.3 is 15.1 Å². The molecule has 1 saturated heterocycles. The first-order valence-electron chi connectivity index (χ1n) is 9.20. The highest BCUT2D eigenvalue weighted by molar-refractivity contribution is 14.0. The zero-order valence-electron chi connectivity index (χ0n) is 16.7. The summed E-state index contributed by atoms with van der Waals surface area (Å²) in [6, 6.07) is 8.53. The van der Waals surface area contributed by atoms with Crippen LogP contribution in [0.4, 0.5) is 0 Å². The second-order valence-corrected chi connectivity index (χ2v) is 7.36. The topological polar surface area (TPSA) is 47.9 Å². The Kier molecular flexibility index (Phi) is 8.86. The molecule has 0 atom stereocenters. The van der Waals surface area contributed by atoms with Gasteiger partial charge in [0.2, 0.25) is 5.91 Å². The number of nitrogens with one attached hydrogen (secondary N) is 1. The number of rotatable bonds is 4. The SMILES string of the molecule is CCNC(=NCC(C)(C)c1ccccc1C)N1CCN(C(C)=O)CC1.I. The first kappa shape index (κ1) is 22.7. The van der Waals surface area contributed by atoms with E-state index in [-0.39, 0.29) is 35.3 Å². The standard InChI is InChI=1S/C20H32N4O.HI/c1-6-21-19(24-13-11-23(12-14-24)17(3)25)22-15-20(4,5)18-10-8-7-9-16(18)2;/h7-10H,6,11-15H2,1-5H3,(H,21,22);1H. The maximum absolute atomic E-state index is 11.5. The third-order valence-electron chi connectivity index (χ3n) is 4.86. The lowest BCUT2D eigenvalue weighted by Gasteiger charge is -2.36. The van der Waals surface area contributed by atoms with Gasteiger partial charge in [0.1, 0.15) is 0 Å². The van der Waals surface area contributed by atoms with Crippen molar-refractivity contribution >= 4 is 35.8 Å². The minimum absolute atomic E-state index is 0. The molecule has 26 heavy (non-hydrogen) atoms. The van der Waals surface area contributed by atoms with E-state index in [1.165, 1.54) is 11.1 Å². The van der Waals surface area contributed by atoms with E-state index >= 15 is 0 Å². The van der Waals surface area contributed by atoms with E-state index in [2.05, 4.69) is 62.2 Å². The average molecular weight is 472 g/mol. The van der Waals surface area contributed by atoms with Crippen LogP contribution in [-0.4, -0.2) is 60.9 Å². The van der Waals surface area contributed by atoms with Crippen LogP contribution in [0.1, 0.15) is 38.8 Å². The van der Waals surface area contributed by atoms with Crippen molar-refractivity contribution in [1.29, 1.82) is 0 Å². The highest BCUT2D eigenvalue weighted by Crippen LogP contribution is 2.26. The van der Waals surface area contributed by atoms with Crippen LogP contribution in [0.3, 0.4) is 0 Å². The van der Waals surface area contributed by atoms with E-state index in [4.69, 9.17) is 4.99 Å². The van der Waals surface area contributed by atoms with Crippen LogP contribution in [-0.2, 0) is 10.2 Å². The predicted molar refractivity (Wildman–Crippen MR) is 119 cm³/mol. The van der Waals surface area contributed by atoms with E-state index in [1.54, 1.807) is 6.92 Å². The number of hydrogen-bond acceptors (Lipinski definition) is 2. The number of aliphatic imine (C=N–C) groups is 1. The summed E-state index contributed by atoms with van der Waals surface area (Å²) in [5.74, 6) is 1.11. The number of aryl methyl sites for hydroxylation is 1. The molecule has 0 radical (unpaired) electrons. The molecule has 1 aliphatic rings. The molecule has 1 aromatic rings. The third-order valence-corrected chi connectivity index (χ3v) is 4.86. The largest absolute Gasteiger partial charge is 0.357 e. The van der Waals surface area contributed by atoms with Crippen LogP contribution in [0.5, 0.6) is 0 Å². The molecule has 1 aliphatic heterocycles. The van der Waals surface area contributed by atoms with Crippen molar-refractivity contribution in [2.75, 3.05) is 39.3 Å². The molecule has 146 valence electrons. The molecule has 6 heteroatoms. The zero-order chi connectivity index (χ0) is 18.4. The molecule has 0 aliphatic carbocycles. The summed E-state index contributed by atoms with van der Waals surface area (Å²) >= 11 is 0. The second-order valence-electron chi connectivity index (χ2n) is 7.36. The highest BCUT2D eigenvalue weighted by Gasteiger charge is 2.24. The summed E-state index contributed by atoms with van der Waals surface area (Å²) in [5.41, 5.74) is 2.63. The van der Waals surface area contributed by atoms with Gasteiger partial charge in [-0.25, -0.2) is 0 Å². The van der Waals surface area contributed by atoms with Crippen LogP contribution in [0.2, 0.25) is 0 Å². The van der Waals surface area contributed by atoms with Crippen molar-refractivity contribution in [3.05, 3.63) is 35.4 Å². The summed E-state index contributed by atoms with van der Waals surface area (Å²) in [5, 5.41) is 3.41. The first-order valence-corrected chi connectivity index (χ1v) is 9.20. The number of hydrogen-bond donors (Lipinski definition) is 1. The summed E-state index contributed by atoms with van der Waals surface area (Å²) in [6.07, 6.45) is 0. The van der Waals surface area contributed by atoms with Gasteiger partial charge in [-0.2, -0.15) is 0 Å². The van der Waals surface area contributed by atoms with Crippen molar-refractivity contribution < 1.29 is 4.79 Å². The lowest BCUT2D eigenvalue weighted by Crippen LogP contribution is -2.53. The maximum atomic E-state index is 11.5. The minimum Gasteiger partial charge on any atom is -0.357 e. The fourth-order valence-corrected chi connectivity index (χ4v) is 3.35. The molecular formula is C20H33IN4O. The molecule has 0 unspecified atom stereocenters. The zero-order valence-corrected chi connectivity index (χ0v) is 19.0. The van der Waals surface area contributed by atoms with E-state index < -0.39 is 0 Å². The van der Waals surface area contributed by atoms with Gasteiger partial charge in [-0.05, 0) is 25.0 Å². The fraction of sp³-hybridized carbons (Fsp3) is 0.600. The Morgan fingerprint density at radius 2 is 1.73 bits per heavy atom. The van der Waals surface area contributed by atoms with Crippen molar-refractivity contribution in [2.24, 2.45) is 4.99 Å². The molecule has 1 N–H and O–H groups in total. The molecule has 0 spiro atoms. The van der Waals surface area contributed by atoms with Crippen LogP contribution >= 0.6 is 24.0 Å². The Bertz CT molecular complexity index is 622. The fourth-order valence-electron chi connectivity index (χ4n) is 3.35. The van der Waals surface area contributed by atoms with Gasteiger partial charge in [0.25, 0.3) is 0 Å². The van der Waals surface area contributed by atoms with Crippen LogP contribution in [0, 0.1) is 6.92 Å². The third kappa shape index (κ3) is 5.86. The molecule has 1 heterocycles. The Morgan fingerprint density at radius 1 is 1.15 bits per heavy atom. The number of carbonyl (C=O) groups is 1. The van der Waals surface area contributed by atoms with E-state index in [0.717, 1.165) is 45.2 Å². The number of amides is 1. The number of carbonyl (C=O) groups excluding carboxylic acids is 1. The number of guanidine groups is 1. The monoisotopic (exact) mass is 472 g/mol. The van der Waals surface area contributed by atoms with E-state index in [9.17, 15) is 4.79 Å². The molecule has 1 amide bonds. The van der Waals surface area contributed by atoms with E-state index in [1.807, 2.05) is 4.90 Å². The van der Waals surface area contributed by atoms with Crippen LogP contribution < -0.4 is 5.32 Å². The van der Waals surface area contributed by atoms with Crippen molar-refractivity contribution in [3.8, 4) is 0 Å². The molecular weight excluding hydrogens is 439 g/mol. The first-order chi connectivity index (χ1) is 11.8. The number of piperazine rings is 1.